The second-order valence-corrected chi connectivity index (χ2v) is 10.9. The van der Waals surface area contributed by atoms with Gasteiger partial charge in [-0.1, -0.05) is 45.0 Å². The number of rotatable bonds is 8. The van der Waals surface area contributed by atoms with Crippen LogP contribution in [0.15, 0.2) is 54.7 Å². The minimum atomic E-state index is -0.602. The summed E-state index contributed by atoms with van der Waals surface area (Å²) in [4.78, 5) is 29.9. The van der Waals surface area contributed by atoms with Crippen LogP contribution in [0.1, 0.15) is 52.1 Å². The van der Waals surface area contributed by atoms with Crippen molar-refractivity contribution in [3.05, 3.63) is 60.4 Å². The summed E-state index contributed by atoms with van der Waals surface area (Å²) in [6, 6.07) is 14.9. The van der Waals surface area contributed by atoms with E-state index in [1.807, 2.05) is 55.5 Å². The molecule has 2 amide bonds. The van der Waals surface area contributed by atoms with Crippen LogP contribution in [0.5, 0.6) is 5.75 Å². The molecule has 7 nitrogen and oxygen atoms in total. The number of hydrogen-bond donors (Lipinski definition) is 3. The SMILES string of the molecule is C[C@H]1[C@@H]2[C@@H](O)[C@H]([C@H](C)C(=O)NCc3ccccn3)CC[C@@]2(C)CC[C@@H]1NC(=O)COc1ccccc1. The Labute approximate surface area is 214 Å². The molecule has 2 aromatic rings. The molecule has 3 N–H and O–H groups in total. The molecule has 0 saturated heterocycles. The van der Waals surface area contributed by atoms with Gasteiger partial charge in [0.15, 0.2) is 6.61 Å². The highest BCUT2D eigenvalue weighted by atomic mass is 16.5. The standard InChI is InChI=1S/C29H39N3O4/c1-19(28(35)31-17-21-9-7-8-16-30-21)23-12-14-29(3)15-13-24(20(2)26(29)27(23)34)32-25(33)18-36-22-10-5-4-6-11-22/h4-11,16,19-20,23-24,26-27,34H,12-15,17-18H2,1-3H3,(H,31,35)(H,32,33)/t19-,20+,23-,24-,26+,27-,29-/m0/s1. The van der Waals surface area contributed by atoms with Gasteiger partial charge < -0.3 is 20.5 Å². The zero-order chi connectivity index (χ0) is 25.7. The minimum Gasteiger partial charge on any atom is -0.484 e. The summed E-state index contributed by atoms with van der Waals surface area (Å²) in [5, 5.41) is 17.7. The lowest BCUT2D eigenvalue weighted by Gasteiger charge is -2.56. The summed E-state index contributed by atoms with van der Waals surface area (Å²) in [5.41, 5.74) is 0.812. The molecule has 2 aliphatic carbocycles. The number of benzene rings is 1. The fraction of sp³-hybridized carbons (Fsp3) is 0.552. The fourth-order valence-electron chi connectivity index (χ4n) is 6.45. The molecule has 7 heteroatoms. The Bertz CT molecular complexity index is 1020. The molecule has 194 valence electrons. The number of ether oxygens (including phenoxy) is 1. The third kappa shape index (κ3) is 5.89. The summed E-state index contributed by atoms with van der Waals surface area (Å²) in [6.07, 6.45) is 4.72. The van der Waals surface area contributed by atoms with Gasteiger partial charge in [-0.25, -0.2) is 0 Å². The maximum absolute atomic E-state index is 13.0. The molecule has 7 atom stereocenters. The molecule has 2 fully saturated rings. The predicted molar refractivity (Wildman–Crippen MR) is 138 cm³/mol. The summed E-state index contributed by atoms with van der Waals surface area (Å²) in [5.74, 6) is 0.128. The fourth-order valence-corrected chi connectivity index (χ4v) is 6.45. The first kappa shape index (κ1) is 26.1. The molecule has 0 aliphatic heterocycles. The number of hydrogen-bond acceptors (Lipinski definition) is 5. The van der Waals surface area contributed by atoms with E-state index in [4.69, 9.17) is 4.74 Å². The molecule has 1 aromatic carbocycles. The van der Waals surface area contributed by atoms with Crippen LogP contribution in [0.3, 0.4) is 0 Å². The van der Waals surface area contributed by atoms with Gasteiger partial charge in [-0.15, -0.1) is 0 Å². The second kappa shape index (κ2) is 11.4. The van der Waals surface area contributed by atoms with E-state index in [1.165, 1.54) is 0 Å². The lowest BCUT2D eigenvalue weighted by molar-refractivity contribution is -0.144. The van der Waals surface area contributed by atoms with Crippen molar-refractivity contribution in [1.82, 2.24) is 15.6 Å². The highest BCUT2D eigenvalue weighted by Crippen LogP contribution is 2.55. The highest BCUT2D eigenvalue weighted by molar-refractivity contribution is 5.79. The monoisotopic (exact) mass is 493 g/mol. The van der Waals surface area contributed by atoms with Crippen LogP contribution in [0.2, 0.25) is 0 Å². The molecule has 2 saturated carbocycles. The molecule has 4 rings (SSSR count). The summed E-state index contributed by atoms with van der Waals surface area (Å²) in [6.45, 7) is 6.65. The third-order valence-electron chi connectivity index (χ3n) is 8.57. The van der Waals surface area contributed by atoms with E-state index in [9.17, 15) is 14.7 Å². The van der Waals surface area contributed by atoms with Gasteiger partial charge in [0.1, 0.15) is 5.75 Å². The maximum atomic E-state index is 13.0. The number of aromatic nitrogens is 1. The van der Waals surface area contributed by atoms with Gasteiger partial charge in [-0.05, 0) is 73.1 Å². The van der Waals surface area contributed by atoms with Crippen molar-refractivity contribution in [1.29, 1.82) is 0 Å². The van der Waals surface area contributed by atoms with Crippen molar-refractivity contribution < 1.29 is 19.4 Å². The van der Waals surface area contributed by atoms with Crippen LogP contribution in [-0.2, 0) is 16.1 Å². The van der Waals surface area contributed by atoms with Gasteiger partial charge >= 0.3 is 0 Å². The van der Waals surface area contributed by atoms with E-state index >= 15 is 0 Å². The Hall–Kier alpha value is -2.93. The van der Waals surface area contributed by atoms with Gasteiger partial charge in [0, 0.05) is 18.2 Å². The zero-order valence-electron chi connectivity index (χ0n) is 21.5. The van der Waals surface area contributed by atoms with Gasteiger partial charge in [0.25, 0.3) is 5.91 Å². The molecular weight excluding hydrogens is 454 g/mol. The van der Waals surface area contributed by atoms with Crippen LogP contribution in [0, 0.1) is 29.1 Å². The van der Waals surface area contributed by atoms with Gasteiger partial charge in [-0.3, -0.25) is 14.6 Å². The van der Waals surface area contributed by atoms with E-state index in [0.717, 1.165) is 31.4 Å². The molecule has 1 heterocycles. The van der Waals surface area contributed by atoms with Crippen molar-refractivity contribution in [2.24, 2.45) is 29.1 Å². The number of fused-ring (bicyclic) bond motifs is 1. The molecule has 0 bridgehead atoms. The molecular formula is C29H39N3O4. The number of aliphatic hydroxyl groups is 1. The Balaban J connectivity index is 1.36. The normalized spacial score (nSPS) is 30.5. The van der Waals surface area contributed by atoms with Crippen molar-refractivity contribution >= 4 is 11.8 Å². The lowest BCUT2D eigenvalue weighted by Crippen LogP contribution is -2.58. The molecule has 36 heavy (non-hydrogen) atoms. The number of aliphatic hydroxyl groups excluding tert-OH is 1. The van der Waals surface area contributed by atoms with Crippen LogP contribution in [0.25, 0.3) is 0 Å². The minimum absolute atomic E-state index is 0.00124. The van der Waals surface area contributed by atoms with Crippen molar-refractivity contribution in [3.63, 3.8) is 0 Å². The third-order valence-corrected chi connectivity index (χ3v) is 8.57. The predicted octanol–water partition coefficient (Wildman–Crippen LogP) is 3.72. The maximum Gasteiger partial charge on any atom is 0.258 e. The van der Waals surface area contributed by atoms with E-state index < -0.39 is 6.10 Å². The molecule has 0 radical (unpaired) electrons. The van der Waals surface area contributed by atoms with E-state index in [0.29, 0.717) is 12.3 Å². The quantitative estimate of drug-likeness (QED) is 0.520. The number of pyridine rings is 1. The number of amides is 2. The Morgan fingerprint density at radius 1 is 1.14 bits per heavy atom. The number of nitrogens with zero attached hydrogens (tertiary/aromatic N) is 1. The summed E-state index contributed by atoms with van der Waals surface area (Å²) >= 11 is 0. The van der Waals surface area contributed by atoms with Crippen LogP contribution in [-0.4, -0.2) is 40.7 Å². The van der Waals surface area contributed by atoms with Crippen LogP contribution in [0.4, 0.5) is 0 Å². The average Bonchev–Trinajstić information content (AvgIpc) is 2.89. The first-order valence-electron chi connectivity index (χ1n) is 13.1. The van der Waals surface area contributed by atoms with E-state index in [1.54, 1.807) is 6.20 Å². The van der Waals surface area contributed by atoms with E-state index in [-0.39, 0.29) is 53.5 Å². The number of nitrogens with one attached hydrogen (secondary N) is 2. The Morgan fingerprint density at radius 2 is 1.86 bits per heavy atom. The molecule has 0 spiro atoms. The number of para-hydroxylation sites is 1. The van der Waals surface area contributed by atoms with Crippen LogP contribution >= 0.6 is 0 Å². The summed E-state index contributed by atoms with van der Waals surface area (Å²) < 4.78 is 5.61. The topological polar surface area (TPSA) is 101 Å². The Kier molecular flexibility index (Phi) is 8.29. The number of carbonyl (C=O) groups is 2. The first-order valence-corrected chi connectivity index (χ1v) is 13.1. The number of carbonyl (C=O) groups excluding carboxylic acids is 2. The summed E-state index contributed by atoms with van der Waals surface area (Å²) in [7, 11) is 0. The first-order chi connectivity index (χ1) is 17.3. The van der Waals surface area contributed by atoms with Gasteiger partial charge in [-0.2, -0.15) is 0 Å². The van der Waals surface area contributed by atoms with Gasteiger partial charge in [0.05, 0.1) is 18.3 Å². The molecule has 0 unspecified atom stereocenters. The molecule has 1 aromatic heterocycles. The van der Waals surface area contributed by atoms with E-state index in [2.05, 4.69) is 29.5 Å². The Morgan fingerprint density at radius 3 is 2.58 bits per heavy atom. The average molecular weight is 494 g/mol. The smallest absolute Gasteiger partial charge is 0.258 e. The van der Waals surface area contributed by atoms with Crippen molar-refractivity contribution in [2.75, 3.05) is 6.61 Å². The zero-order valence-corrected chi connectivity index (χ0v) is 21.5. The largest absolute Gasteiger partial charge is 0.484 e. The van der Waals surface area contributed by atoms with Crippen molar-refractivity contribution in [3.8, 4) is 5.75 Å². The second-order valence-electron chi connectivity index (χ2n) is 10.9. The highest BCUT2D eigenvalue weighted by Gasteiger charge is 2.53. The van der Waals surface area contributed by atoms with Crippen molar-refractivity contribution in [2.45, 2.75) is 65.1 Å². The van der Waals surface area contributed by atoms with Gasteiger partial charge in [0.2, 0.25) is 5.91 Å². The van der Waals surface area contributed by atoms with Crippen LogP contribution < -0.4 is 15.4 Å². The molecule has 2 aliphatic rings. The lowest BCUT2D eigenvalue weighted by atomic mass is 9.51.